The third-order valence-corrected chi connectivity index (χ3v) is 3.75. The van der Waals surface area contributed by atoms with Crippen molar-refractivity contribution in [3.63, 3.8) is 0 Å². The standard InChI is InChI=1S/C19H32N4O2/c1-15(2)10-12-20-19(22-14-18(24)23(3)4)21-13-11-16-6-8-17(25-5)9-7-16/h6-9,15H,10-14H2,1-5H3,(H2,20,21,22). The molecular formula is C19H32N4O2. The second kappa shape index (κ2) is 11.3. The third kappa shape index (κ3) is 8.98. The molecule has 0 atom stereocenters. The Hall–Kier alpha value is -2.24. The van der Waals surface area contributed by atoms with Gasteiger partial charge in [0.05, 0.1) is 7.11 Å². The van der Waals surface area contributed by atoms with Crippen LogP contribution < -0.4 is 15.4 Å². The van der Waals surface area contributed by atoms with Crippen molar-refractivity contribution < 1.29 is 9.53 Å². The summed E-state index contributed by atoms with van der Waals surface area (Å²) in [5.74, 6) is 2.15. The van der Waals surface area contributed by atoms with E-state index in [0.717, 1.165) is 31.7 Å². The Morgan fingerprint density at radius 1 is 1.16 bits per heavy atom. The van der Waals surface area contributed by atoms with Crippen LogP contribution in [0.2, 0.25) is 0 Å². The van der Waals surface area contributed by atoms with Crippen molar-refractivity contribution in [1.82, 2.24) is 15.5 Å². The monoisotopic (exact) mass is 348 g/mol. The van der Waals surface area contributed by atoms with E-state index in [1.807, 2.05) is 12.1 Å². The molecule has 0 heterocycles. The molecule has 0 fully saturated rings. The Labute approximate surface area is 151 Å². The number of carbonyl (C=O) groups is 1. The van der Waals surface area contributed by atoms with Gasteiger partial charge in [-0.05, 0) is 36.5 Å². The van der Waals surface area contributed by atoms with Crippen LogP contribution in [0.4, 0.5) is 0 Å². The molecule has 1 aromatic carbocycles. The van der Waals surface area contributed by atoms with Crippen LogP contribution in [0.15, 0.2) is 29.3 Å². The lowest BCUT2D eigenvalue weighted by atomic mass is 10.1. The van der Waals surface area contributed by atoms with Gasteiger partial charge in [0.25, 0.3) is 0 Å². The van der Waals surface area contributed by atoms with Gasteiger partial charge in [-0.2, -0.15) is 0 Å². The van der Waals surface area contributed by atoms with E-state index in [4.69, 9.17) is 4.74 Å². The molecule has 140 valence electrons. The molecule has 0 aromatic heterocycles. The summed E-state index contributed by atoms with van der Waals surface area (Å²) in [6.45, 7) is 6.10. The molecule has 25 heavy (non-hydrogen) atoms. The van der Waals surface area contributed by atoms with E-state index < -0.39 is 0 Å². The lowest BCUT2D eigenvalue weighted by molar-refractivity contribution is -0.127. The lowest BCUT2D eigenvalue weighted by Gasteiger charge is -2.14. The van der Waals surface area contributed by atoms with Gasteiger partial charge in [-0.25, -0.2) is 4.99 Å². The topological polar surface area (TPSA) is 66.0 Å². The maximum absolute atomic E-state index is 11.7. The van der Waals surface area contributed by atoms with Crippen molar-refractivity contribution in [2.75, 3.05) is 40.8 Å². The molecule has 0 unspecified atom stereocenters. The summed E-state index contributed by atoms with van der Waals surface area (Å²) in [4.78, 5) is 17.7. The van der Waals surface area contributed by atoms with Crippen LogP contribution >= 0.6 is 0 Å². The van der Waals surface area contributed by atoms with Crippen LogP contribution in [0.1, 0.15) is 25.8 Å². The number of hydrogen-bond donors (Lipinski definition) is 2. The first kappa shape index (κ1) is 20.8. The molecule has 0 aliphatic carbocycles. The predicted molar refractivity (Wildman–Crippen MR) is 103 cm³/mol. The van der Waals surface area contributed by atoms with Gasteiger partial charge in [-0.15, -0.1) is 0 Å². The zero-order valence-electron chi connectivity index (χ0n) is 16.1. The van der Waals surface area contributed by atoms with Crippen molar-refractivity contribution in [3.05, 3.63) is 29.8 Å². The highest BCUT2D eigenvalue weighted by Gasteiger charge is 2.05. The highest BCUT2D eigenvalue weighted by atomic mass is 16.5. The van der Waals surface area contributed by atoms with E-state index in [9.17, 15) is 4.79 Å². The average molecular weight is 348 g/mol. The summed E-state index contributed by atoms with van der Waals surface area (Å²) in [5, 5.41) is 6.60. The minimum Gasteiger partial charge on any atom is -0.497 e. The number of benzene rings is 1. The summed E-state index contributed by atoms with van der Waals surface area (Å²) < 4.78 is 5.17. The van der Waals surface area contributed by atoms with Gasteiger partial charge in [-0.1, -0.05) is 26.0 Å². The summed E-state index contributed by atoms with van der Waals surface area (Å²) in [6, 6.07) is 8.03. The van der Waals surface area contributed by atoms with Gasteiger partial charge in [0.1, 0.15) is 12.3 Å². The molecule has 1 rings (SSSR count). The van der Waals surface area contributed by atoms with Gasteiger partial charge in [0.15, 0.2) is 5.96 Å². The molecule has 6 heteroatoms. The number of ether oxygens (including phenoxy) is 1. The van der Waals surface area contributed by atoms with Crippen LogP contribution in [0.3, 0.4) is 0 Å². The van der Waals surface area contributed by atoms with Crippen LogP contribution in [-0.4, -0.2) is 57.6 Å². The lowest BCUT2D eigenvalue weighted by Crippen LogP contribution is -2.40. The Kier molecular flexibility index (Phi) is 9.43. The summed E-state index contributed by atoms with van der Waals surface area (Å²) >= 11 is 0. The smallest absolute Gasteiger partial charge is 0.243 e. The van der Waals surface area contributed by atoms with Gasteiger partial charge >= 0.3 is 0 Å². The Morgan fingerprint density at radius 3 is 2.36 bits per heavy atom. The number of rotatable bonds is 9. The maximum atomic E-state index is 11.7. The first-order valence-corrected chi connectivity index (χ1v) is 8.77. The third-order valence-electron chi connectivity index (χ3n) is 3.75. The van der Waals surface area contributed by atoms with Gasteiger partial charge < -0.3 is 20.3 Å². The number of hydrogen-bond acceptors (Lipinski definition) is 3. The molecule has 0 saturated heterocycles. The zero-order valence-corrected chi connectivity index (χ0v) is 16.1. The number of guanidine groups is 1. The number of methoxy groups -OCH3 is 1. The van der Waals surface area contributed by atoms with E-state index in [1.165, 1.54) is 5.56 Å². The molecule has 1 aromatic rings. The van der Waals surface area contributed by atoms with Crippen molar-refractivity contribution >= 4 is 11.9 Å². The molecule has 0 aliphatic heterocycles. The summed E-state index contributed by atoms with van der Waals surface area (Å²) in [5.41, 5.74) is 1.22. The Bertz CT molecular complexity index is 539. The van der Waals surface area contributed by atoms with Gasteiger partial charge in [0.2, 0.25) is 5.91 Å². The molecule has 1 amide bonds. The van der Waals surface area contributed by atoms with Crippen LogP contribution in [-0.2, 0) is 11.2 Å². The normalized spacial score (nSPS) is 11.4. The number of likely N-dealkylation sites (N-methyl/N-ethyl adjacent to an activating group) is 1. The van der Waals surface area contributed by atoms with Crippen molar-refractivity contribution in [3.8, 4) is 5.75 Å². The van der Waals surface area contributed by atoms with Crippen LogP contribution in [0.5, 0.6) is 5.75 Å². The second-order valence-corrected chi connectivity index (χ2v) is 6.59. The van der Waals surface area contributed by atoms with Crippen LogP contribution in [0, 0.1) is 5.92 Å². The molecule has 0 aliphatic rings. The molecule has 6 nitrogen and oxygen atoms in total. The van der Waals surface area contributed by atoms with E-state index in [0.29, 0.717) is 11.9 Å². The highest BCUT2D eigenvalue weighted by molar-refractivity contribution is 5.84. The Morgan fingerprint density at radius 2 is 1.80 bits per heavy atom. The van der Waals surface area contributed by atoms with Crippen LogP contribution in [0.25, 0.3) is 0 Å². The minimum atomic E-state index is -0.0138. The fourth-order valence-electron chi connectivity index (χ4n) is 2.06. The van der Waals surface area contributed by atoms with E-state index >= 15 is 0 Å². The van der Waals surface area contributed by atoms with Crippen molar-refractivity contribution in [2.24, 2.45) is 10.9 Å². The van der Waals surface area contributed by atoms with E-state index in [1.54, 1.807) is 26.1 Å². The number of aliphatic imine (C=N–C) groups is 1. The summed E-state index contributed by atoms with van der Waals surface area (Å²) in [7, 11) is 5.14. The summed E-state index contributed by atoms with van der Waals surface area (Å²) in [6.07, 6.45) is 1.93. The van der Waals surface area contributed by atoms with Gasteiger partial charge in [0, 0.05) is 27.2 Å². The second-order valence-electron chi connectivity index (χ2n) is 6.59. The minimum absolute atomic E-state index is 0.0138. The highest BCUT2D eigenvalue weighted by Crippen LogP contribution is 2.11. The average Bonchev–Trinajstić information content (AvgIpc) is 2.59. The SMILES string of the molecule is COc1ccc(CCNC(=NCC(=O)N(C)C)NCCC(C)C)cc1. The number of amides is 1. The Balaban J connectivity index is 2.52. The zero-order chi connectivity index (χ0) is 18.7. The fourth-order valence-corrected chi connectivity index (χ4v) is 2.06. The molecule has 0 saturated carbocycles. The molecule has 0 radical (unpaired) electrons. The quantitative estimate of drug-likeness (QED) is 0.528. The number of nitrogens with zero attached hydrogens (tertiary/aromatic N) is 2. The van der Waals surface area contributed by atoms with E-state index in [2.05, 4.69) is 41.6 Å². The number of nitrogens with one attached hydrogen (secondary N) is 2. The predicted octanol–water partition coefficient (Wildman–Crippen LogP) is 1.91. The maximum Gasteiger partial charge on any atom is 0.243 e. The number of carbonyl (C=O) groups excluding carboxylic acids is 1. The molecular weight excluding hydrogens is 316 g/mol. The molecule has 0 bridgehead atoms. The first-order chi connectivity index (χ1) is 11.9. The fraction of sp³-hybridized carbons (Fsp3) is 0.579. The first-order valence-electron chi connectivity index (χ1n) is 8.77. The van der Waals surface area contributed by atoms with Crippen molar-refractivity contribution in [1.29, 1.82) is 0 Å². The van der Waals surface area contributed by atoms with Crippen molar-refractivity contribution in [2.45, 2.75) is 26.7 Å². The van der Waals surface area contributed by atoms with E-state index in [-0.39, 0.29) is 12.5 Å². The molecule has 0 spiro atoms. The van der Waals surface area contributed by atoms with Gasteiger partial charge in [-0.3, -0.25) is 4.79 Å². The largest absolute Gasteiger partial charge is 0.497 e. The molecule has 2 N–H and O–H groups in total.